The maximum atomic E-state index is 8.79. The van der Waals surface area contributed by atoms with Crippen LogP contribution in [-0.4, -0.2) is 10.2 Å². The van der Waals surface area contributed by atoms with Gasteiger partial charge in [-0.1, -0.05) is 152 Å². The molecule has 0 aliphatic carbocycles. The van der Waals surface area contributed by atoms with Gasteiger partial charge in [0.15, 0.2) is 0 Å². The van der Waals surface area contributed by atoms with Crippen molar-refractivity contribution in [2.75, 3.05) is 0 Å². The Morgan fingerprint density at radius 2 is 0.767 bits per heavy atom. The van der Waals surface area contributed by atoms with Crippen LogP contribution in [0, 0.1) is 0 Å². The molecule has 2 N–H and O–H groups in total. The molecule has 0 radical (unpaired) electrons. The van der Waals surface area contributed by atoms with Gasteiger partial charge in [-0.2, -0.15) is 46.5 Å². The summed E-state index contributed by atoms with van der Waals surface area (Å²) in [6.07, 6.45) is 0. The van der Waals surface area contributed by atoms with Crippen LogP contribution >= 0.6 is 23.2 Å². The van der Waals surface area contributed by atoms with Gasteiger partial charge in [0, 0.05) is 0 Å². The molecule has 4 aromatic rings. The van der Waals surface area contributed by atoms with Crippen LogP contribution in [0.25, 0.3) is 0 Å². The van der Waals surface area contributed by atoms with Gasteiger partial charge in [-0.05, 0) is 24.3 Å². The SMILES string of the molecule is CC(C)(C)c1cc[c-](C(C)(C)C)c1.CC(C)(C)c1cc[c-](C(C)(C)C)c1.Oc1ccccc1Cl.Oc1ccccc1Cl.[Zr+2]. The average molecular weight is 703 g/mol. The van der Waals surface area contributed by atoms with E-state index in [9.17, 15) is 0 Å². The van der Waals surface area contributed by atoms with E-state index in [0.29, 0.717) is 10.0 Å². The molecule has 0 saturated carbocycles. The van der Waals surface area contributed by atoms with Crippen molar-refractivity contribution in [2.24, 2.45) is 0 Å². The second-order valence-corrected chi connectivity index (χ2v) is 15.5. The molecule has 0 fully saturated rings. The first kappa shape index (κ1) is 41.2. The molecule has 5 heteroatoms. The Morgan fingerprint density at radius 3 is 0.907 bits per heavy atom. The molecule has 0 heterocycles. The summed E-state index contributed by atoms with van der Waals surface area (Å²) in [5.74, 6) is 0.267. The zero-order valence-corrected chi connectivity index (χ0v) is 32.2. The Morgan fingerprint density at radius 1 is 0.488 bits per heavy atom. The topological polar surface area (TPSA) is 40.5 Å². The summed E-state index contributed by atoms with van der Waals surface area (Å²) in [5, 5.41) is 18.4. The first-order valence-electron chi connectivity index (χ1n) is 14.5. The van der Waals surface area contributed by atoms with E-state index in [-0.39, 0.29) is 59.4 Å². The summed E-state index contributed by atoms with van der Waals surface area (Å²) in [6, 6.07) is 27.0. The number of hydrogen-bond donors (Lipinski definition) is 2. The molecule has 4 rings (SSSR count). The van der Waals surface area contributed by atoms with E-state index in [1.165, 1.54) is 22.3 Å². The van der Waals surface area contributed by atoms with Crippen LogP contribution in [0.3, 0.4) is 0 Å². The third-order valence-electron chi connectivity index (χ3n) is 6.68. The van der Waals surface area contributed by atoms with Gasteiger partial charge in [-0.25, -0.2) is 12.1 Å². The third kappa shape index (κ3) is 15.2. The Labute approximate surface area is 291 Å². The molecule has 0 aliphatic heterocycles. The number of phenols is 2. The molecule has 0 unspecified atom stereocenters. The third-order valence-corrected chi connectivity index (χ3v) is 7.32. The zero-order chi connectivity index (χ0) is 32.5. The van der Waals surface area contributed by atoms with Crippen LogP contribution in [0.4, 0.5) is 0 Å². The molecule has 4 aromatic carbocycles. The van der Waals surface area contributed by atoms with Crippen molar-refractivity contribution in [3.8, 4) is 11.5 Å². The molecule has 0 atom stereocenters. The quantitative estimate of drug-likeness (QED) is 0.179. The van der Waals surface area contributed by atoms with Crippen molar-refractivity contribution in [1.29, 1.82) is 0 Å². The van der Waals surface area contributed by atoms with Crippen LogP contribution in [0.2, 0.25) is 10.0 Å². The largest absolute Gasteiger partial charge is 2.00 e. The first-order valence-corrected chi connectivity index (χ1v) is 15.2. The Balaban J connectivity index is 0.000000556. The van der Waals surface area contributed by atoms with E-state index in [2.05, 4.69) is 119 Å². The molecule has 43 heavy (non-hydrogen) atoms. The van der Waals surface area contributed by atoms with Crippen molar-refractivity contribution < 1.29 is 36.4 Å². The molecule has 234 valence electrons. The monoisotopic (exact) mass is 700 g/mol. The molecule has 0 saturated heterocycles. The fourth-order valence-electron chi connectivity index (χ4n) is 3.66. The maximum Gasteiger partial charge on any atom is 2.00 e. The van der Waals surface area contributed by atoms with Gasteiger partial charge in [-0.15, -0.1) is 0 Å². The Bertz CT molecular complexity index is 1150. The molecule has 0 bridgehead atoms. The minimum atomic E-state index is 0. The van der Waals surface area contributed by atoms with Crippen LogP contribution in [0.5, 0.6) is 11.5 Å². The van der Waals surface area contributed by atoms with Crippen molar-refractivity contribution in [3.05, 3.63) is 117 Å². The normalized spacial score (nSPS) is 11.5. The predicted molar refractivity (Wildman–Crippen MR) is 185 cm³/mol. The Kier molecular flexibility index (Phi) is 16.3. The average Bonchev–Trinajstić information content (AvgIpc) is 3.54. The minimum absolute atomic E-state index is 0. The van der Waals surface area contributed by atoms with Crippen molar-refractivity contribution in [3.63, 3.8) is 0 Å². The number of aromatic hydroxyl groups is 2. The summed E-state index contributed by atoms with van der Waals surface area (Å²) < 4.78 is 0. The molecule has 0 amide bonds. The zero-order valence-electron chi connectivity index (χ0n) is 28.2. The van der Waals surface area contributed by atoms with E-state index in [4.69, 9.17) is 33.4 Å². The molecule has 2 nitrogen and oxygen atoms in total. The van der Waals surface area contributed by atoms with E-state index >= 15 is 0 Å². The van der Waals surface area contributed by atoms with Gasteiger partial charge in [-0.3, -0.25) is 0 Å². The molecular weight excluding hydrogens is 651 g/mol. The van der Waals surface area contributed by atoms with Gasteiger partial charge in [0.25, 0.3) is 0 Å². The summed E-state index contributed by atoms with van der Waals surface area (Å²) in [6.45, 7) is 27.1. The first-order chi connectivity index (χ1) is 19.0. The minimum Gasteiger partial charge on any atom is -0.506 e. The van der Waals surface area contributed by atoms with E-state index in [1.807, 2.05) is 0 Å². The second-order valence-electron chi connectivity index (χ2n) is 14.7. The molecule has 0 aliphatic rings. The smallest absolute Gasteiger partial charge is 0.506 e. The maximum absolute atomic E-state index is 8.79. The predicted octanol–water partition coefficient (Wildman–Crippen LogP) is 12.1. The standard InChI is InChI=1S/2C13H21.2C6H5ClO.Zr/c2*1-12(2,3)10-7-8-11(9-10)13(4,5)6;2*7-5-3-1-2-4-6(5)8;/h2*7-9H,1-6H3;2*1-4,8H;/q2*-1;;;+2. The Hall–Kier alpha value is -1.80. The molecule has 0 aromatic heterocycles. The number of rotatable bonds is 0. The van der Waals surface area contributed by atoms with Crippen molar-refractivity contribution in [2.45, 2.75) is 105 Å². The fourth-order valence-corrected chi connectivity index (χ4v) is 3.93. The molecular formula is C38H52Cl2O2Zr. The van der Waals surface area contributed by atoms with Crippen molar-refractivity contribution in [1.82, 2.24) is 0 Å². The summed E-state index contributed by atoms with van der Waals surface area (Å²) in [4.78, 5) is 0. The van der Waals surface area contributed by atoms with Crippen LogP contribution in [-0.2, 0) is 47.9 Å². The fraction of sp³-hybridized carbons (Fsp3) is 0.421. The van der Waals surface area contributed by atoms with Crippen molar-refractivity contribution >= 4 is 23.2 Å². The number of halogens is 2. The van der Waals surface area contributed by atoms with Gasteiger partial charge in [0.2, 0.25) is 0 Å². The van der Waals surface area contributed by atoms with E-state index in [0.717, 1.165) is 0 Å². The number of phenolic OH excluding ortho intramolecular Hbond substituents is 2. The summed E-state index contributed by atoms with van der Waals surface area (Å²) >= 11 is 10.9. The number of hydrogen-bond acceptors (Lipinski definition) is 2. The van der Waals surface area contributed by atoms with Crippen LogP contribution in [0.1, 0.15) is 105 Å². The van der Waals surface area contributed by atoms with E-state index in [1.54, 1.807) is 48.5 Å². The van der Waals surface area contributed by atoms with Gasteiger partial charge >= 0.3 is 26.2 Å². The van der Waals surface area contributed by atoms with Crippen LogP contribution < -0.4 is 0 Å². The van der Waals surface area contributed by atoms with E-state index < -0.39 is 0 Å². The van der Waals surface area contributed by atoms with Gasteiger partial charge in [0.05, 0.1) is 10.0 Å². The van der Waals surface area contributed by atoms with Crippen LogP contribution in [0.15, 0.2) is 84.9 Å². The number of benzene rings is 2. The second kappa shape index (κ2) is 17.0. The summed E-state index contributed by atoms with van der Waals surface area (Å²) in [5.41, 5.74) is 6.89. The van der Waals surface area contributed by atoms with Gasteiger partial charge < -0.3 is 10.2 Å². The molecule has 0 spiro atoms. The number of para-hydroxylation sites is 2. The summed E-state index contributed by atoms with van der Waals surface area (Å²) in [7, 11) is 0. The van der Waals surface area contributed by atoms with Gasteiger partial charge in [0.1, 0.15) is 11.5 Å².